The van der Waals surface area contributed by atoms with Gasteiger partial charge >= 0.3 is 5.51 Å². The summed E-state index contributed by atoms with van der Waals surface area (Å²) in [5.74, 6) is 0.756. The van der Waals surface area contributed by atoms with Crippen molar-refractivity contribution in [2.75, 3.05) is 12.3 Å². The van der Waals surface area contributed by atoms with Crippen LogP contribution in [0.1, 0.15) is 46.5 Å². The Bertz CT molecular complexity index is 183. The second-order valence-corrected chi connectivity index (χ2v) is 5.88. The molecule has 0 amide bonds. The first kappa shape index (κ1) is 17.1. The quantitative estimate of drug-likeness (QED) is 0.622. The van der Waals surface area contributed by atoms with Crippen LogP contribution in [-0.4, -0.2) is 23.8 Å². The fraction of sp³-hybridized carbons (Fsp3) is 1.00. The molecule has 1 nitrogen and oxygen atoms in total. The van der Waals surface area contributed by atoms with Crippen molar-refractivity contribution in [2.45, 2.75) is 58.0 Å². The molecule has 0 aliphatic heterocycles. The second kappa shape index (κ2) is 9.09. The summed E-state index contributed by atoms with van der Waals surface area (Å²) in [6.07, 6.45) is 3.56. The summed E-state index contributed by atoms with van der Waals surface area (Å²) in [6.45, 7) is 7.33. The zero-order valence-electron chi connectivity index (χ0n) is 10.9. The van der Waals surface area contributed by atoms with E-state index >= 15 is 0 Å². The van der Waals surface area contributed by atoms with Gasteiger partial charge in [0.1, 0.15) is 0 Å². The minimum Gasteiger partial charge on any atom is -0.314 e. The standard InChI is InChI=1S/C12H24F3NS/c1-4-7-16-11(9-10(2)3)6-5-8-17-12(13,14)15/h10-11,16H,4-9H2,1-3H3. The van der Waals surface area contributed by atoms with Crippen LogP contribution in [0.15, 0.2) is 0 Å². The number of rotatable bonds is 9. The molecule has 0 saturated heterocycles. The third-order valence-corrected chi connectivity index (χ3v) is 3.22. The molecule has 1 unspecified atom stereocenters. The Hall–Kier alpha value is 0.100. The third-order valence-electron chi connectivity index (χ3n) is 2.40. The molecular weight excluding hydrogens is 247 g/mol. The van der Waals surface area contributed by atoms with Gasteiger partial charge in [0, 0.05) is 11.8 Å². The molecule has 0 bridgehead atoms. The maximum Gasteiger partial charge on any atom is 0.441 e. The van der Waals surface area contributed by atoms with Crippen molar-refractivity contribution >= 4 is 11.8 Å². The predicted molar refractivity (Wildman–Crippen MR) is 69.3 cm³/mol. The Kier molecular flexibility index (Phi) is 9.14. The first-order valence-electron chi connectivity index (χ1n) is 6.29. The minimum absolute atomic E-state index is 0.0905. The molecular formula is C12H24F3NS. The Labute approximate surface area is 107 Å². The molecule has 0 saturated carbocycles. The molecule has 1 N–H and O–H groups in total. The highest BCUT2D eigenvalue weighted by molar-refractivity contribution is 8.00. The van der Waals surface area contributed by atoms with Crippen molar-refractivity contribution < 1.29 is 13.2 Å². The lowest BCUT2D eigenvalue weighted by Gasteiger charge is -2.20. The number of alkyl halides is 3. The zero-order chi connectivity index (χ0) is 13.3. The van der Waals surface area contributed by atoms with Gasteiger partial charge in [-0.1, -0.05) is 32.5 Å². The summed E-state index contributed by atoms with van der Waals surface area (Å²) in [6, 6.07) is 0.365. The van der Waals surface area contributed by atoms with Gasteiger partial charge in [0.05, 0.1) is 0 Å². The molecule has 17 heavy (non-hydrogen) atoms. The van der Waals surface area contributed by atoms with E-state index in [1.54, 1.807) is 0 Å². The number of halogens is 3. The first-order valence-corrected chi connectivity index (χ1v) is 7.27. The van der Waals surface area contributed by atoms with E-state index in [9.17, 15) is 13.2 Å². The number of hydrogen-bond donors (Lipinski definition) is 1. The highest BCUT2D eigenvalue weighted by Crippen LogP contribution is 2.30. The van der Waals surface area contributed by atoms with Gasteiger partial charge in [-0.25, -0.2) is 0 Å². The van der Waals surface area contributed by atoms with E-state index in [2.05, 4.69) is 26.1 Å². The van der Waals surface area contributed by atoms with Crippen molar-refractivity contribution in [1.82, 2.24) is 5.32 Å². The summed E-state index contributed by atoms with van der Waals surface area (Å²) in [7, 11) is 0. The van der Waals surface area contributed by atoms with Gasteiger partial charge < -0.3 is 5.32 Å². The minimum atomic E-state index is -4.08. The van der Waals surface area contributed by atoms with Crippen LogP contribution < -0.4 is 5.32 Å². The average molecular weight is 271 g/mol. The number of hydrogen-bond acceptors (Lipinski definition) is 2. The summed E-state index contributed by atoms with van der Waals surface area (Å²) >= 11 is 0.0905. The van der Waals surface area contributed by atoms with Crippen LogP contribution in [0.4, 0.5) is 13.2 Å². The SMILES string of the molecule is CCCNC(CCCSC(F)(F)F)CC(C)C. The average Bonchev–Trinajstić information content (AvgIpc) is 2.18. The molecule has 0 rings (SSSR count). The van der Waals surface area contributed by atoms with Crippen molar-refractivity contribution in [3.63, 3.8) is 0 Å². The van der Waals surface area contributed by atoms with E-state index in [0.29, 0.717) is 18.4 Å². The lowest BCUT2D eigenvalue weighted by molar-refractivity contribution is -0.0328. The van der Waals surface area contributed by atoms with Crippen LogP contribution in [-0.2, 0) is 0 Å². The van der Waals surface area contributed by atoms with Gasteiger partial charge in [0.2, 0.25) is 0 Å². The van der Waals surface area contributed by atoms with Crippen molar-refractivity contribution in [3.8, 4) is 0 Å². The highest BCUT2D eigenvalue weighted by Gasteiger charge is 2.27. The van der Waals surface area contributed by atoms with Gasteiger partial charge in [-0.05, 0) is 38.1 Å². The summed E-state index contributed by atoms with van der Waals surface area (Å²) in [4.78, 5) is 0. The van der Waals surface area contributed by atoms with Crippen molar-refractivity contribution in [1.29, 1.82) is 0 Å². The third kappa shape index (κ3) is 12.3. The van der Waals surface area contributed by atoms with Crippen LogP contribution in [0, 0.1) is 5.92 Å². The molecule has 104 valence electrons. The molecule has 1 atom stereocenters. The van der Waals surface area contributed by atoms with E-state index < -0.39 is 5.51 Å². The Morgan fingerprint density at radius 3 is 2.35 bits per heavy atom. The van der Waals surface area contributed by atoms with Crippen molar-refractivity contribution in [2.24, 2.45) is 5.92 Å². The van der Waals surface area contributed by atoms with Gasteiger partial charge in [-0.3, -0.25) is 0 Å². The van der Waals surface area contributed by atoms with Crippen LogP contribution in [0.5, 0.6) is 0 Å². The number of nitrogens with one attached hydrogen (secondary N) is 1. The molecule has 0 aliphatic carbocycles. The van der Waals surface area contributed by atoms with Crippen LogP contribution in [0.25, 0.3) is 0 Å². The first-order chi connectivity index (χ1) is 7.85. The van der Waals surface area contributed by atoms with Crippen molar-refractivity contribution in [3.05, 3.63) is 0 Å². The molecule has 0 aliphatic rings. The highest BCUT2D eigenvalue weighted by atomic mass is 32.2. The largest absolute Gasteiger partial charge is 0.441 e. The maximum absolute atomic E-state index is 11.9. The van der Waals surface area contributed by atoms with E-state index in [1.807, 2.05) is 0 Å². The summed E-state index contributed by atoms with van der Waals surface area (Å²) in [5.41, 5.74) is -4.08. The Morgan fingerprint density at radius 2 is 1.88 bits per heavy atom. The Balaban J connectivity index is 3.75. The fourth-order valence-electron chi connectivity index (χ4n) is 1.74. The molecule has 0 spiro atoms. The fourth-order valence-corrected chi connectivity index (χ4v) is 2.28. The zero-order valence-corrected chi connectivity index (χ0v) is 11.8. The second-order valence-electron chi connectivity index (χ2n) is 4.72. The number of thioether (sulfide) groups is 1. The maximum atomic E-state index is 11.9. The van der Waals surface area contributed by atoms with Crippen LogP contribution in [0.2, 0.25) is 0 Å². The van der Waals surface area contributed by atoms with Gasteiger partial charge in [-0.2, -0.15) is 13.2 Å². The molecule has 5 heteroatoms. The lowest BCUT2D eigenvalue weighted by Crippen LogP contribution is -2.31. The predicted octanol–water partition coefficient (Wildman–Crippen LogP) is 4.43. The molecule has 0 heterocycles. The normalized spacial score (nSPS) is 14.3. The van der Waals surface area contributed by atoms with Gasteiger partial charge in [0.15, 0.2) is 0 Å². The molecule has 0 aromatic rings. The molecule has 0 aromatic heterocycles. The van der Waals surface area contributed by atoms with E-state index in [-0.39, 0.29) is 17.5 Å². The summed E-state index contributed by atoms with van der Waals surface area (Å²) in [5, 5.41) is 3.41. The van der Waals surface area contributed by atoms with Gasteiger partial charge in [-0.15, -0.1) is 0 Å². The van der Waals surface area contributed by atoms with E-state index in [0.717, 1.165) is 25.8 Å². The van der Waals surface area contributed by atoms with Crippen LogP contribution in [0.3, 0.4) is 0 Å². The topological polar surface area (TPSA) is 12.0 Å². The lowest BCUT2D eigenvalue weighted by atomic mass is 10.00. The molecule has 0 fully saturated rings. The van der Waals surface area contributed by atoms with Crippen LogP contribution >= 0.6 is 11.8 Å². The molecule has 0 aromatic carbocycles. The summed E-state index contributed by atoms with van der Waals surface area (Å²) < 4.78 is 35.8. The van der Waals surface area contributed by atoms with E-state index in [1.165, 1.54) is 0 Å². The van der Waals surface area contributed by atoms with Gasteiger partial charge in [0.25, 0.3) is 0 Å². The monoisotopic (exact) mass is 271 g/mol. The Morgan fingerprint density at radius 1 is 1.24 bits per heavy atom. The smallest absolute Gasteiger partial charge is 0.314 e. The molecule has 0 radical (unpaired) electrons. The van der Waals surface area contributed by atoms with E-state index in [4.69, 9.17) is 0 Å².